The van der Waals surface area contributed by atoms with E-state index in [0.717, 1.165) is 16.9 Å². The summed E-state index contributed by atoms with van der Waals surface area (Å²) in [5.41, 5.74) is 7.46. The lowest BCUT2D eigenvalue weighted by Crippen LogP contribution is -2.41. The normalized spacial score (nSPS) is 16.1. The Morgan fingerprint density at radius 2 is 1.84 bits per heavy atom. The van der Waals surface area contributed by atoms with E-state index in [1.807, 2.05) is 31.2 Å². The molecule has 168 valence electrons. The minimum atomic E-state index is -0.282. The van der Waals surface area contributed by atoms with E-state index in [0.29, 0.717) is 44.9 Å². The molecule has 4 rings (SSSR count). The highest BCUT2D eigenvalue weighted by Gasteiger charge is 2.32. The number of hydrogen-bond donors (Lipinski definition) is 1. The van der Waals surface area contributed by atoms with Gasteiger partial charge in [0.2, 0.25) is 5.91 Å². The molecule has 1 saturated heterocycles. The Morgan fingerprint density at radius 1 is 1.16 bits per heavy atom. The third-order valence-corrected chi connectivity index (χ3v) is 5.85. The van der Waals surface area contributed by atoms with Crippen LogP contribution in [-0.2, 0) is 11.3 Å². The zero-order valence-corrected chi connectivity index (χ0v) is 18.0. The fourth-order valence-corrected chi connectivity index (χ4v) is 4.16. The summed E-state index contributed by atoms with van der Waals surface area (Å²) >= 11 is 0. The van der Waals surface area contributed by atoms with Gasteiger partial charge in [-0.05, 0) is 78.7 Å². The molecule has 1 aliphatic rings. The predicted molar refractivity (Wildman–Crippen MR) is 116 cm³/mol. The van der Waals surface area contributed by atoms with Gasteiger partial charge in [-0.1, -0.05) is 24.3 Å². The number of carbonyl (C=O) groups excluding carboxylic acids is 1. The van der Waals surface area contributed by atoms with Crippen molar-refractivity contribution < 1.29 is 13.9 Å². The number of amides is 1. The minimum absolute atomic E-state index is 0.109. The first-order chi connectivity index (χ1) is 15.5. The number of likely N-dealkylation sites (tertiary alicyclic amines) is 1. The average molecular weight is 439 g/mol. The van der Waals surface area contributed by atoms with Crippen LogP contribution in [0.5, 0.6) is 5.75 Å². The fraction of sp³-hybridized carbons (Fsp3) is 0.391. The van der Waals surface area contributed by atoms with Gasteiger partial charge in [-0.25, -0.2) is 9.07 Å². The van der Waals surface area contributed by atoms with E-state index in [9.17, 15) is 9.18 Å². The van der Waals surface area contributed by atoms with Gasteiger partial charge in [-0.2, -0.15) is 0 Å². The summed E-state index contributed by atoms with van der Waals surface area (Å²) < 4.78 is 20.6. The van der Waals surface area contributed by atoms with E-state index in [2.05, 4.69) is 20.4 Å². The molecule has 0 saturated carbocycles. The lowest BCUT2D eigenvalue weighted by atomic mass is 9.93. The highest BCUT2D eigenvalue weighted by Crippen LogP contribution is 2.32. The Morgan fingerprint density at radius 3 is 2.47 bits per heavy atom. The van der Waals surface area contributed by atoms with Crippen molar-refractivity contribution in [2.24, 2.45) is 11.7 Å². The van der Waals surface area contributed by atoms with Gasteiger partial charge in [0.1, 0.15) is 11.6 Å². The molecule has 1 fully saturated rings. The number of rotatable bonds is 8. The van der Waals surface area contributed by atoms with Crippen LogP contribution in [0.4, 0.5) is 4.39 Å². The number of ether oxygens (including phenoxy) is 1. The van der Waals surface area contributed by atoms with Crippen molar-refractivity contribution in [2.75, 3.05) is 19.7 Å². The molecule has 2 aromatic carbocycles. The zero-order valence-electron chi connectivity index (χ0n) is 18.0. The van der Waals surface area contributed by atoms with Crippen LogP contribution >= 0.6 is 0 Å². The summed E-state index contributed by atoms with van der Waals surface area (Å²) in [6, 6.07) is 14.0. The van der Waals surface area contributed by atoms with E-state index in [1.54, 1.807) is 16.8 Å². The molecule has 0 radical (unpaired) electrons. The molecule has 2 heterocycles. The molecule has 8 nitrogen and oxygen atoms in total. The quantitative estimate of drug-likeness (QED) is 0.580. The first-order valence-electron chi connectivity index (χ1n) is 10.8. The van der Waals surface area contributed by atoms with E-state index < -0.39 is 0 Å². The third kappa shape index (κ3) is 4.94. The molecule has 0 bridgehead atoms. The van der Waals surface area contributed by atoms with Gasteiger partial charge in [0, 0.05) is 5.92 Å². The number of carbonyl (C=O) groups is 1. The van der Waals surface area contributed by atoms with E-state index in [4.69, 9.17) is 10.5 Å². The first kappa shape index (κ1) is 21.9. The molecular weight excluding hydrogens is 411 g/mol. The number of hydrogen-bond acceptors (Lipinski definition) is 6. The molecule has 2 N–H and O–H groups in total. The molecule has 1 amide bonds. The van der Waals surface area contributed by atoms with Gasteiger partial charge in [-0.3, -0.25) is 9.69 Å². The Balaban J connectivity index is 1.64. The molecule has 32 heavy (non-hydrogen) atoms. The van der Waals surface area contributed by atoms with Crippen LogP contribution in [-0.4, -0.2) is 50.7 Å². The van der Waals surface area contributed by atoms with Gasteiger partial charge in [0.25, 0.3) is 0 Å². The van der Waals surface area contributed by atoms with Crippen LogP contribution in [0.2, 0.25) is 0 Å². The molecular formula is C23H27FN6O2. The summed E-state index contributed by atoms with van der Waals surface area (Å²) in [6.45, 7) is 4.38. The Bertz CT molecular complexity index is 1030. The van der Waals surface area contributed by atoms with Crippen LogP contribution in [0.25, 0.3) is 0 Å². The number of aromatic nitrogens is 4. The second kappa shape index (κ2) is 9.86. The lowest BCUT2D eigenvalue weighted by molar-refractivity contribution is -0.123. The summed E-state index contributed by atoms with van der Waals surface area (Å²) in [5, 5.41) is 12.5. The highest BCUT2D eigenvalue weighted by atomic mass is 19.1. The van der Waals surface area contributed by atoms with E-state index in [1.165, 1.54) is 12.1 Å². The fourth-order valence-electron chi connectivity index (χ4n) is 4.16. The smallest absolute Gasteiger partial charge is 0.220 e. The summed E-state index contributed by atoms with van der Waals surface area (Å²) in [6.07, 6.45) is 1.39. The third-order valence-electron chi connectivity index (χ3n) is 5.85. The van der Waals surface area contributed by atoms with Crippen molar-refractivity contribution in [3.8, 4) is 5.75 Å². The summed E-state index contributed by atoms with van der Waals surface area (Å²) in [5.74, 6) is 0.852. The van der Waals surface area contributed by atoms with Gasteiger partial charge < -0.3 is 10.5 Å². The molecule has 1 aliphatic heterocycles. The predicted octanol–water partition coefficient (Wildman–Crippen LogP) is 2.55. The van der Waals surface area contributed by atoms with Crippen molar-refractivity contribution in [3.63, 3.8) is 0 Å². The zero-order chi connectivity index (χ0) is 22.5. The maximum absolute atomic E-state index is 13.3. The molecule has 0 aliphatic carbocycles. The molecule has 1 atom stereocenters. The maximum atomic E-state index is 13.3. The van der Waals surface area contributed by atoms with Crippen LogP contribution < -0.4 is 10.5 Å². The number of piperidine rings is 1. The molecule has 0 unspecified atom stereocenters. The number of halogens is 1. The highest BCUT2D eigenvalue weighted by molar-refractivity contribution is 5.76. The Hall–Kier alpha value is -3.33. The second-order valence-electron chi connectivity index (χ2n) is 7.94. The van der Waals surface area contributed by atoms with Gasteiger partial charge in [-0.15, -0.1) is 5.10 Å². The summed E-state index contributed by atoms with van der Waals surface area (Å²) in [4.78, 5) is 13.9. The van der Waals surface area contributed by atoms with E-state index in [-0.39, 0.29) is 23.7 Å². The lowest BCUT2D eigenvalue weighted by Gasteiger charge is -2.36. The van der Waals surface area contributed by atoms with Crippen molar-refractivity contribution in [1.82, 2.24) is 25.1 Å². The SMILES string of the molecule is CCOc1ccc([C@H](c2nnnn2Cc2ccc(F)cc2)N2CCC(C(N)=O)CC2)cc1. The molecule has 3 aromatic rings. The Kier molecular flexibility index (Phi) is 6.75. The van der Waals surface area contributed by atoms with Crippen LogP contribution in [0.15, 0.2) is 48.5 Å². The number of nitrogens with zero attached hydrogens (tertiary/aromatic N) is 5. The number of nitrogens with two attached hydrogens (primary N) is 1. The topological polar surface area (TPSA) is 99.2 Å². The van der Waals surface area contributed by atoms with Crippen molar-refractivity contribution >= 4 is 5.91 Å². The minimum Gasteiger partial charge on any atom is -0.494 e. The van der Waals surface area contributed by atoms with Crippen molar-refractivity contribution in [2.45, 2.75) is 32.4 Å². The van der Waals surface area contributed by atoms with Crippen LogP contribution in [0.3, 0.4) is 0 Å². The van der Waals surface area contributed by atoms with Crippen LogP contribution in [0, 0.1) is 11.7 Å². The number of benzene rings is 2. The largest absolute Gasteiger partial charge is 0.494 e. The average Bonchev–Trinajstić information content (AvgIpc) is 3.25. The monoisotopic (exact) mass is 438 g/mol. The summed E-state index contributed by atoms with van der Waals surface area (Å²) in [7, 11) is 0. The standard InChI is InChI=1S/C23H27FN6O2/c1-2-32-20-9-5-17(6-10-20)21(29-13-11-18(12-14-29)22(25)31)23-26-27-28-30(23)15-16-3-7-19(24)8-4-16/h3-10,18,21H,2,11-15H2,1H3,(H2,25,31)/t21-/m1/s1. The van der Waals surface area contributed by atoms with Gasteiger partial charge >= 0.3 is 0 Å². The number of tetrazole rings is 1. The molecule has 9 heteroatoms. The van der Waals surface area contributed by atoms with Gasteiger partial charge in [0.15, 0.2) is 5.82 Å². The van der Waals surface area contributed by atoms with E-state index >= 15 is 0 Å². The maximum Gasteiger partial charge on any atom is 0.220 e. The first-order valence-corrected chi connectivity index (χ1v) is 10.8. The van der Waals surface area contributed by atoms with Crippen molar-refractivity contribution in [1.29, 1.82) is 0 Å². The van der Waals surface area contributed by atoms with Gasteiger partial charge in [0.05, 0.1) is 19.2 Å². The second-order valence-corrected chi connectivity index (χ2v) is 7.94. The number of primary amides is 1. The molecule has 1 aromatic heterocycles. The van der Waals surface area contributed by atoms with Crippen molar-refractivity contribution in [3.05, 3.63) is 71.3 Å². The molecule has 0 spiro atoms. The van der Waals surface area contributed by atoms with Crippen LogP contribution in [0.1, 0.15) is 42.8 Å². The Labute approximate surface area is 186 Å².